The van der Waals surface area contributed by atoms with Crippen LogP contribution in [0.25, 0.3) is 0 Å². The number of hydrogen-bond donors (Lipinski definition) is 0. The highest BCUT2D eigenvalue weighted by atomic mass is 32.2. The molecule has 2 amide bonds. The highest BCUT2D eigenvalue weighted by Gasteiger charge is 2.61. The van der Waals surface area contributed by atoms with Crippen LogP contribution in [0, 0.1) is 5.92 Å². The summed E-state index contributed by atoms with van der Waals surface area (Å²) in [6.45, 7) is 4.09. The van der Waals surface area contributed by atoms with E-state index in [-0.39, 0.29) is 29.5 Å². The quantitative estimate of drug-likeness (QED) is 0.632. The van der Waals surface area contributed by atoms with Gasteiger partial charge in [0.1, 0.15) is 0 Å². The summed E-state index contributed by atoms with van der Waals surface area (Å²) < 4.78 is 5.18. The van der Waals surface area contributed by atoms with E-state index in [1.54, 1.807) is 4.90 Å². The van der Waals surface area contributed by atoms with Gasteiger partial charge < -0.3 is 4.74 Å². The summed E-state index contributed by atoms with van der Waals surface area (Å²) >= 11 is 1.40. The lowest BCUT2D eigenvalue weighted by molar-refractivity contribution is -0.149. The normalized spacial score (nSPS) is 23.4. The van der Waals surface area contributed by atoms with Crippen molar-refractivity contribution in [2.45, 2.75) is 24.6 Å². The molecule has 2 aromatic carbocycles. The van der Waals surface area contributed by atoms with E-state index >= 15 is 0 Å². The second-order valence-electron chi connectivity index (χ2n) is 8.53. The van der Waals surface area contributed by atoms with Gasteiger partial charge in [-0.1, -0.05) is 36.4 Å². The zero-order valence-corrected chi connectivity index (χ0v) is 19.4. The highest BCUT2D eigenvalue weighted by molar-refractivity contribution is 8.02. The number of hydrogen-bond acceptors (Lipinski definition) is 6. The summed E-state index contributed by atoms with van der Waals surface area (Å²) in [6.07, 6.45) is 1.44. The van der Waals surface area contributed by atoms with Crippen molar-refractivity contribution in [3.63, 3.8) is 0 Å². The SMILES string of the molecule is CCOC(=O)C1CCN(CN2C(=O)C3(SCC(=O)N3c3ccccc3)c3ccccc32)CC1. The molecule has 8 heteroatoms. The molecular formula is C25H27N3O4S. The summed E-state index contributed by atoms with van der Waals surface area (Å²) in [5, 5.41) is 0. The van der Waals surface area contributed by atoms with E-state index in [1.807, 2.05) is 66.4 Å². The molecule has 2 saturated heterocycles. The first-order valence-electron chi connectivity index (χ1n) is 11.4. The number of carbonyl (C=O) groups is 3. The monoisotopic (exact) mass is 465 g/mol. The first-order chi connectivity index (χ1) is 16.1. The van der Waals surface area contributed by atoms with Crippen molar-refractivity contribution < 1.29 is 19.1 Å². The smallest absolute Gasteiger partial charge is 0.309 e. The third kappa shape index (κ3) is 3.61. The number of nitrogens with zero attached hydrogens (tertiary/aromatic N) is 3. The molecule has 0 N–H and O–H groups in total. The van der Waals surface area contributed by atoms with Crippen molar-refractivity contribution in [2.24, 2.45) is 5.92 Å². The van der Waals surface area contributed by atoms with E-state index in [2.05, 4.69) is 4.90 Å². The molecule has 5 rings (SSSR count). The summed E-state index contributed by atoms with van der Waals surface area (Å²) in [7, 11) is 0. The molecule has 7 nitrogen and oxygen atoms in total. The van der Waals surface area contributed by atoms with E-state index in [4.69, 9.17) is 4.74 Å². The van der Waals surface area contributed by atoms with Gasteiger partial charge in [-0.3, -0.25) is 29.1 Å². The number of ether oxygens (including phenoxy) is 1. The summed E-state index contributed by atoms with van der Waals surface area (Å²) in [5.74, 6) is -0.0978. The van der Waals surface area contributed by atoms with Crippen molar-refractivity contribution >= 4 is 40.9 Å². The van der Waals surface area contributed by atoms with Crippen LogP contribution in [0.4, 0.5) is 11.4 Å². The van der Waals surface area contributed by atoms with Gasteiger partial charge in [0.15, 0.2) is 0 Å². The maximum absolute atomic E-state index is 14.1. The van der Waals surface area contributed by atoms with Gasteiger partial charge in [0, 0.05) is 24.3 Å². The third-order valence-corrected chi connectivity index (χ3v) is 8.01. The Balaban J connectivity index is 1.42. The molecule has 0 saturated carbocycles. The third-order valence-electron chi connectivity index (χ3n) is 6.63. The molecule has 172 valence electrons. The first kappa shape index (κ1) is 22.0. The minimum atomic E-state index is -1.09. The first-order valence-corrected chi connectivity index (χ1v) is 12.4. The van der Waals surface area contributed by atoms with Gasteiger partial charge in [0.05, 0.1) is 30.6 Å². The predicted molar refractivity (Wildman–Crippen MR) is 128 cm³/mol. The molecule has 3 aliphatic heterocycles. The van der Waals surface area contributed by atoms with Gasteiger partial charge in [-0.25, -0.2) is 0 Å². The number of piperidine rings is 1. The lowest BCUT2D eigenvalue weighted by Gasteiger charge is -2.36. The Morgan fingerprint density at radius 2 is 1.76 bits per heavy atom. The predicted octanol–water partition coefficient (Wildman–Crippen LogP) is 3.20. The van der Waals surface area contributed by atoms with E-state index in [0.717, 1.165) is 42.9 Å². The zero-order chi connectivity index (χ0) is 23.0. The average molecular weight is 466 g/mol. The van der Waals surface area contributed by atoms with Crippen LogP contribution in [-0.4, -0.2) is 54.8 Å². The summed E-state index contributed by atoms with van der Waals surface area (Å²) in [6, 6.07) is 17.2. The summed E-state index contributed by atoms with van der Waals surface area (Å²) in [4.78, 5) is 43.8. The second kappa shape index (κ2) is 8.83. The molecule has 2 aromatic rings. The van der Waals surface area contributed by atoms with Crippen molar-refractivity contribution in [1.82, 2.24) is 4.90 Å². The van der Waals surface area contributed by atoms with Crippen molar-refractivity contribution in [1.29, 1.82) is 0 Å². The second-order valence-corrected chi connectivity index (χ2v) is 9.70. The number of carbonyl (C=O) groups excluding carboxylic acids is 3. The summed E-state index contributed by atoms with van der Waals surface area (Å²) in [5.41, 5.74) is 2.43. The molecule has 0 radical (unpaired) electrons. The van der Waals surface area contributed by atoms with Crippen LogP contribution in [0.5, 0.6) is 0 Å². The zero-order valence-electron chi connectivity index (χ0n) is 18.6. The van der Waals surface area contributed by atoms with Gasteiger partial charge in [0.25, 0.3) is 5.91 Å². The fraction of sp³-hybridized carbons (Fsp3) is 0.400. The van der Waals surface area contributed by atoms with Crippen LogP contribution in [-0.2, 0) is 24.0 Å². The minimum absolute atomic E-state index is 0.0635. The van der Waals surface area contributed by atoms with Gasteiger partial charge in [-0.15, -0.1) is 11.8 Å². The number of rotatable bonds is 5. The lowest BCUT2D eigenvalue weighted by Crippen LogP contribution is -2.52. The van der Waals surface area contributed by atoms with Crippen LogP contribution < -0.4 is 9.80 Å². The molecule has 33 heavy (non-hydrogen) atoms. The maximum atomic E-state index is 14.1. The van der Waals surface area contributed by atoms with E-state index in [1.165, 1.54) is 11.8 Å². The van der Waals surface area contributed by atoms with Gasteiger partial charge in [-0.2, -0.15) is 0 Å². The molecular weight excluding hydrogens is 438 g/mol. The van der Waals surface area contributed by atoms with E-state index < -0.39 is 4.87 Å². The number of thioether (sulfide) groups is 1. The van der Waals surface area contributed by atoms with Crippen molar-refractivity contribution in [3.8, 4) is 0 Å². The Kier molecular flexibility index (Phi) is 5.88. The van der Waals surface area contributed by atoms with Gasteiger partial charge >= 0.3 is 5.97 Å². The Labute approximate surface area is 197 Å². The number of likely N-dealkylation sites (tertiary alicyclic amines) is 1. The number of anilines is 2. The molecule has 1 unspecified atom stereocenters. The Morgan fingerprint density at radius 1 is 1.06 bits per heavy atom. The standard InChI is InChI=1S/C25H27N3O4S/c1-2-32-23(30)18-12-14-26(15-13-18)17-27-21-11-7-6-10-20(21)25(24(27)31)28(22(29)16-33-25)19-8-4-3-5-9-19/h3-11,18H,2,12-17H2,1H3. The highest BCUT2D eigenvalue weighted by Crippen LogP contribution is 2.55. The average Bonchev–Trinajstić information content (AvgIpc) is 3.31. The van der Waals surface area contributed by atoms with Crippen LogP contribution in [0.2, 0.25) is 0 Å². The number of benzene rings is 2. The number of fused-ring (bicyclic) bond motifs is 2. The number of esters is 1. The molecule has 3 aliphatic rings. The minimum Gasteiger partial charge on any atom is -0.466 e. The molecule has 0 aromatic heterocycles. The van der Waals surface area contributed by atoms with Crippen LogP contribution in [0.3, 0.4) is 0 Å². The number of amides is 2. The molecule has 0 aliphatic carbocycles. The van der Waals surface area contributed by atoms with E-state index in [9.17, 15) is 14.4 Å². The fourth-order valence-corrected chi connectivity index (χ4v) is 6.40. The molecule has 1 atom stereocenters. The fourth-order valence-electron chi connectivity index (χ4n) is 5.04. The van der Waals surface area contributed by atoms with Crippen molar-refractivity contribution in [2.75, 3.05) is 41.9 Å². The topological polar surface area (TPSA) is 70.2 Å². The number of para-hydroxylation sites is 2. The van der Waals surface area contributed by atoms with Gasteiger partial charge in [0.2, 0.25) is 10.8 Å². The largest absolute Gasteiger partial charge is 0.466 e. The molecule has 1 spiro atoms. The van der Waals surface area contributed by atoms with Gasteiger partial charge in [-0.05, 0) is 38.0 Å². The lowest BCUT2D eigenvalue weighted by atomic mass is 9.97. The molecule has 2 fully saturated rings. The van der Waals surface area contributed by atoms with Crippen molar-refractivity contribution in [3.05, 3.63) is 60.2 Å². The Hall–Kier alpha value is -2.84. The van der Waals surface area contributed by atoms with Crippen LogP contribution in [0.15, 0.2) is 54.6 Å². The van der Waals surface area contributed by atoms with Crippen LogP contribution in [0.1, 0.15) is 25.3 Å². The molecule has 3 heterocycles. The Morgan fingerprint density at radius 3 is 2.48 bits per heavy atom. The van der Waals surface area contributed by atoms with E-state index in [0.29, 0.717) is 13.3 Å². The maximum Gasteiger partial charge on any atom is 0.309 e. The Bertz CT molecular complexity index is 1070. The molecule has 0 bridgehead atoms. The van der Waals surface area contributed by atoms with Crippen LogP contribution >= 0.6 is 11.8 Å².